The Labute approximate surface area is 86.4 Å². The quantitative estimate of drug-likeness (QED) is 0.817. The van der Waals surface area contributed by atoms with Crippen LogP contribution in [0.25, 0.3) is 0 Å². The fourth-order valence-corrected chi connectivity index (χ4v) is 1.75. The summed E-state index contributed by atoms with van der Waals surface area (Å²) in [6.07, 6.45) is 1.35. The zero-order valence-corrected chi connectivity index (χ0v) is 9.10. The first-order valence-corrected chi connectivity index (χ1v) is 5.29. The Bertz CT molecular complexity index is 314. The maximum absolute atomic E-state index is 5.77. The Morgan fingerprint density at radius 1 is 1.62 bits per heavy atom. The van der Waals surface area contributed by atoms with Crippen molar-refractivity contribution in [3.05, 3.63) is 22.7 Å². The van der Waals surface area contributed by atoms with E-state index in [0.29, 0.717) is 6.10 Å². The molecular formula is C10H12BrNO. The Morgan fingerprint density at radius 2 is 2.46 bits per heavy atom. The van der Waals surface area contributed by atoms with E-state index in [9.17, 15) is 0 Å². The minimum atomic E-state index is 0.307. The lowest BCUT2D eigenvalue weighted by molar-refractivity contribution is 0.201. The first-order valence-electron chi connectivity index (χ1n) is 4.49. The van der Waals surface area contributed by atoms with Crippen LogP contribution >= 0.6 is 15.9 Å². The highest BCUT2D eigenvalue weighted by Crippen LogP contribution is 2.32. The number of rotatable bonds is 1. The maximum atomic E-state index is 5.77. The van der Waals surface area contributed by atoms with Crippen LogP contribution in [-0.4, -0.2) is 12.6 Å². The van der Waals surface area contributed by atoms with E-state index in [1.165, 1.54) is 0 Å². The van der Waals surface area contributed by atoms with E-state index in [4.69, 9.17) is 4.74 Å². The van der Waals surface area contributed by atoms with Gasteiger partial charge >= 0.3 is 0 Å². The molecule has 1 aliphatic rings. The number of halogens is 1. The monoisotopic (exact) mass is 241 g/mol. The number of anilines is 1. The minimum Gasteiger partial charge on any atom is -0.486 e. The lowest BCUT2D eigenvalue weighted by atomic mass is 10.2. The average Bonchev–Trinajstić information content (AvgIpc) is 2.16. The molecule has 1 atom stereocenters. The summed E-state index contributed by atoms with van der Waals surface area (Å²) < 4.78 is 6.83. The van der Waals surface area contributed by atoms with Gasteiger partial charge < -0.3 is 10.1 Å². The molecule has 3 heteroatoms. The smallest absolute Gasteiger partial charge is 0.144 e. The Hall–Kier alpha value is -0.700. The standard InChI is InChI=1S/C10H12BrNO/c1-2-8-6-12-9-4-3-7(11)5-10(9)13-8/h3-5,8,12H,2,6H2,1H3. The van der Waals surface area contributed by atoms with Gasteiger partial charge in [0.05, 0.1) is 12.2 Å². The molecule has 0 spiro atoms. The molecule has 0 aromatic heterocycles. The fourth-order valence-electron chi connectivity index (χ4n) is 1.41. The van der Waals surface area contributed by atoms with Gasteiger partial charge in [0.25, 0.3) is 0 Å². The summed E-state index contributed by atoms with van der Waals surface area (Å²) in [6, 6.07) is 6.05. The summed E-state index contributed by atoms with van der Waals surface area (Å²) in [7, 11) is 0. The van der Waals surface area contributed by atoms with Crippen molar-refractivity contribution in [2.75, 3.05) is 11.9 Å². The van der Waals surface area contributed by atoms with Crippen LogP contribution in [0.1, 0.15) is 13.3 Å². The molecule has 1 aromatic rings. The van der Waals surface area contributed by atoms with Crippen LogP contribution in [0.3, 0.4) is 0 Å². The first-order chi connectivity index (χ1) is 6.29. The molecule has 70 valence electrons. The molecule has 2 nitrogen and oxygen atoms in total. The van der Waals surface area contributed by atoms with Gasteiger partial charge in [-0.05, 0) is 24.6 Å². The van der Waals surface area contributed by atoms with Gasteiger partial charge in [-0.25, -0.2) is 0 Å². The average molecular weight is 242 g/mol. The van der Waals surface area contributed by atoms with Crippen molar-refractivity contribution in [3.8, 4) is 5.75 Å². The maximum Gasteiger partial charge on any atom is 0.144 e. The molecule has 13 heavy (non-hydrogen) atoms. The second-order valence-corrected chi connectivity index (χ2v) is 4.09. The SMILES string of the molecule is CCC1CNc2ccc(Br)cc2O1. The molecule has 0 fully saturated rings. The Kier molecular flexibility index (Phi) is 2.44. The fraction of sp³-hybridized carbons (Fsp3) is 0.400. The van der Waals surface area contributed by atoms with Gasteiger partial charge in [-0.2, -0.15) is 0 Å². The summed E-state index contributed by atoms with van der Waals surface area (Å²) in [6.45, 7) is 3.04. The molecule has 2 rings (SSSR count). The van der Waals surface area contributed by atoms with Crippen molar-refractivity contribution >= 4 is 21.6 Å². The van der Waals surface area contributed by atoms with E-state index in [1.807, 2.05) is 18.2 Å². The van der Waals surface area contributed by atoms with Crippen molar-refractivity contribution in [1.82, 2.24) is 0 Å². The normalized spacial score (nSPS) is 20.0. The van der Waals surface area contributed by atoms with Crippen LogP contribution in [0.4, 0.5) is 5.69 Å². The summed E-state index contributed by atoms with van der Waals surface area (Å²) in [5.74, 6) is 0.951. The number of fused-ring (bicyclic) bond motifs is 1. The third-order valence-electron chi connectivity index (χ3n) is 2.21. The van der Waals surface area contributed by atoms with Crippen molar-refractivity contribution < 1.29 is 4.74 Å². The third-order valence-corrected chi connectivity index (χ3v) is 2.71. The van der Waals surface area contributed by atoms with Gasteiger partial charge in [0.15, 0.2) is 0 Å². The molecular weight excluding hydrogens is 230 g/mol. The van der Waals surface area contributed by atoms with Crippen molar-refractivity contribution in [2.45, 2.75) is 19.4 Å². The van der Waals surface area contributed by atoms with Crippen LogP contribution in [0.15, 0.2) is 22.7 Å². The predicted octanol–water partition coefficient (Wildman–Crippen LogP) is 3.03. The second-order valence-electron chi connectivity index (χ2n) is 3.17. The molecule has 0 aliphatic carbocycles. The molecule has 0 amide bonds. The van der Waals surface area contributed by atoms with Crippen molar-refractivity contribution in [2.24, 2.45) is 0 Å². The van der Waals surface area contributed by atoms with E-state index in [0.717, 1.165) is 28.9 Å². The van der Waals surface area contributed by atoms with E-state index >= 15 is 0 Å². The number of benzene rings is 1. The van der Waals surface area contributed by atoms with Crippen LogP contribution in [0.2, 0.25) is 0 Å². The Morgan fingerprint density at radius 3 is 3.23 bits per heavy atom. The first kappa shape index (κ1) is 8.88. The van der Waals surface area contributed by atoms with Gasteiger partial charge in [0.1, 0.15) is 11.9 Å². The third kappa shape index (κ3) is 1.80. The van der Waals surface area contributed by atoms with E-state index in [1.54, 1.807) is 0 Å². The van der Waals surface area contributed by atoms with Gasteiger partial charge in [-0.3, -0.25) is 0 Å². The summed E-state index contributed by atoms with van der Waals surface area (Å²) in [5, 5.41) is 3.34. The van der Waals surface area contributed by atoms with Gasteiger partial charge in [0, 0.05) is 4.47 Å². The number of ether oxygens (including phenoxy) is 1. The van der Waals surface area contributed by atoms with Crippen LogP contribution in [0, 0.1) is 0 Å². The molecule has 1 aliphatic heterocycles. The highest BCUT2D eigenvalue weighted by atomic mass is 79.9. The van der Waals surface area contributed by atoms with Crippen molar-refractivity contribution in [3.63, 3.8) is 0 Å². The zero-order valence-electron chi connectivity index (χ0n) is 7.51. The largest absolute Gasteiger partial charge is 0.486 e. The van der Waals surface area contributed by atoms with Crippen molar-refractivity contribution in [1.29, 1.82) is 0 Å². The molecule has 1 aromatic carbocycles. The topological polar surface area (TPSA) is 21.3 Å². The minimum absolute atomic E-state index is 0.307. The van der Waals surface area contributed by atoms with E-state index < -0.39 is 0 Å². The predicted molar refractivity (Wildman–Crippen MR) is 57.3 cm³/mol. The molecule has 0 saturated heterocycles. The van der Waals surface area contributed by atoms with Gasteiger partial charge in [-0.15, -0.1) is 0 Å². The highest BCUT2D eigenvalue weighted by Gasteiger charge is 2.17. The second kappa shape index (κ2) is 3.58. The molecule has 0 saturated carbocycles. The Balaban J connectivity index is 2.27. The number of hydrogen-bond donors (Lipinski definition) is 1. The molecule has 0 radical (unpaired) electrons. The molecule has 1 heterocycles. The molecule has 1 N–H and O–H groups in total. The van der Waals surface area contributed by atoms with E-state index in [-0.39, 0.29) is 0 Å². The van der Waals surface area contributed by atoms with Crippen LogP contribution < -0.4 is 10.1 Å². The number of nitrogens with one attached hydrogen (secondary N) is 1. The zero-order chi connectivity index (χ0) is 9.26. The molecule has 1 unspecified atom stereocenters. The summed E-state index contributed by atoms with van der Waals surface area (Å²) >= 11 is 3.42. The summed E-state index contributed by atoms with van der Waals surface area (Å²) in [5.41, 5.74) is 1.09. The lowest BCUT2D eigenvalue weighted by Crippen LogP contribution is -2.29. The highest BCUT2D eigenvalue weighted by molar-refractivity contribution is 9.10. The van der Waals surface area contributed by atoms with Gasteiger partial charge in [0.2, 0.25) is 0 Å². The molecule has 0 bridgehead atoms. The van der Waals surface area contributed by atoms with E-state index in [2.05, 4.69) is 28.2 Å². The van der Waals surface area contributed by atoms with Gasteiger partial charge in [-0.1, -0.05) is 22.9 Å². The van der Waals surface area contributed by atoms with Crippen LogP contribution in [-0.2, 0) is 0 Å². The van der Waals surface area contributed by atoms with Crippen LogP contribution in [0.5, 0.6) is 5.75 Å². The number of hydrogen-bond acceptors (Lipinski definition) is 2. The lowest BCUT2D eigenvalue weighted by Gasteiger charge is -2.26. The summed E-state index contributed by atoms with van der Waals surface area (Å²) in [4.78, 5) is 0.